The van der Waals surface area contributed by atoms with Crippen LogP contribution in [0.5, 0.6) is 0 Å². The minimum atomic E-state index is -0.575. The van der Waals surface area contributed by atoms with Crippen LogP contribution in [0.2, 0.25) is 5.02 Å². The minimum absolute atomic E-state index is 0.434. The summed E-state index contributed by atoms with van der Waals surface area (Å²) < 4.78 is 2.01. The highest BCUT2D eigenvalue weighted by Crippen LogP contribution is 2.25. The topological polar surface area (TPSA) is 38.0 Å². The smallest absolute Gasteiger partial charge is 0.0849 e. The van der Waals surface area contributed by atoms with Gasteiger partial charge >= 0.3 is 0 Å². The van der Waals surface area contributed by atoms with Gasteiger partial charge < -0.3 is 5.11 Å². The molecule has 114 valence electrons. The van der Waals surface area contributed by atoms with Gasteiger partial charge in [-0.25, -0.2) is 0 Å². The molecule has 0 amide bonds. The minimum Gasteiger partial charge on any atom is -0.388 e. The molecule has 4 heteroatoms. The number of aromatic nitrogens is 2. The van der Waals surface area contributed by atoms with Crippen LogP contribution in [0.15, 0.2) is 30.5 Å². The summed E-state index contributed by atoms with van der Waals surface area (Å²) in [6.45, 7) is 6.32. The molecule has 1 unspecified atom stereocenters. The highest BCUT2D eigenvalue weighted by Gasteiger charge is 2.15. The number of nitrogens with zero attached hydrogens (tertiary/aromatic N) is 2. The van der Waals surface area contributed by atoms with Gasteiger partial charge in [0.15, 0.2) is 0 Å². The van der Waals surface area contributed by atoms with Gasteiger partial charge in [-0.1, -0.05) is 31.5 Å². The summed E-state index contributed by atoms with van der Waals surface area (Å²) in [5.74, 6) is 0. The summed E-state index contributed by atoms with van der Waals surface area (Å²) in [4.78, 5) is 0. The quantitative estimate of drug-likeness (QED) is 0.854. The molecule has 0 bridgehead atoms. The maximum absolute atomic E-state index is 10.4. The van der Waals surface area contributed by atoms with Crippen LogP contribution in [0.3, 0.4) is 0 Å². The van der Waals surface area contributed by atoms with E-state index < -0.39 is 6.10 Å². The molecule has 0 aliphatic rings. The summed E-state index contributed by atoms with van der Waals surface area (Å²) in [7, 11) is 0. The number of hydrogen-bond donors (Lipinski definition) is 1. The number of aliphatic hydroxyl groups is 1. The van der Waals surface area contributed by atoms with Gasteiger partial charge in [-0.2, -0.15) is 5.10 Å². The monoisotopic (exact) mass is 306 g/mol. The van der Waals surface area contributed by atoms with Crippen molar-refractivity contribution in [2.24, 2.45) is 0 Å². The van der Waals surface area contributed by atoms with Crippen molar-refractivity contribution in [3.63, 3.8) is 0 Å². The van der Waals surface area contributed by atoms with Crippen LogP contribution in [0.1, 0.15) is 55.7 Å². The molecular formula is C17H23ClN2O. The van der Waals surface area contributed by atoms with Crippen molar-refractivity contribution in [1.29, 1.82) is 0 Å². The Labute approximate surface area is 131 Å². The zero-order valence-electron chi connectivity index (χ0n) is 12.9. The van der Waals surface area contributed by atoms with E-state index in [1.807, 2.05) is 42.1 Å². The predicted octanol–water partition coefficient (Wildman–Crippen LogP) is 4.48. The lowest BCUT2D eigenvalue weighted by Crippen LogP contribution is -2.09. The molecule has 1 aromatic heterocycles. The van der Waals surface area contributed by atoms with Gasteiger partial charge in [0.2, 0.25) is 0 Å². The summed E-state index contributed by atoms with van der Waals surface area (Å²) in [6.07, 6.45) is 4.06. The van der Waals surface area contributed by atoms with Crippen LogP contribution in [0, 0.1) is 6.92 Å². The number of aliphatic hydroxyl groups excluding tert-OH is 1. The van der Waals surface area contributed by atoms with Crippen molar-refractivity contribution in [1.82, 2.24) is 9.78 Å². The van der Waals surface area contributed by atoms with E-state index in [4.69, 9.17) is 11.6 Å². The molecule has 0 fully saturated rings. The van der Waals surface area contributed by atoms with Crippen LogP contribution < -0.4 is 0 Å². The van der Waals surface area contributed by atoms with Gasteiger partial charge in [-0.05, 0) is 49.1 Å². The lowest BCUT2D eigenvalue weighted by Gasteiger charge is -2.14. The van der Waals surface area contributed by atoms with E-state index in [1.165, 1.54) is 0 Å². The second kappa shape index (κ2) is 7.10. The van der Waals surface area contributed by atoms with E-state index >= 15 is 0 Å². The molecule has 0 aliphatic heterocycles. The van der Waals surface area contributed by atoms with E-state index in [9.17, 15) is 5.11 Å². The van der Waals surface area contributed by atoms with Crippen molar-refractivity contribution in [3.05, 3.63) is 52.3 Å². The SMILES string of the molecule is CCC(CC)n1ccc(CC(O)c2cc(Cl)ccc2C)n1. The van der Waals surface area contributed by atoms with E-state index in [0.29, 0.717) is 17.5 Å². The average Bonchev–Trinajstić information content (AvgIpc) is 2.91. The Morgan fingerprint density at radius 3 is 2.62 bits per heavy atom. The fourth-order valence-electron chi connectivity index (χ4n) is 2.63. The first kappa shape index (κ1) is 16.1. The van der Waals surface area contributed by atoms with Crippen LogP contribution in [-0.4, -0.2) is 14.9 Å². The Balaban J connectivity index is 2.12. The molecule has 1 aromatic carbocycles. The first-order chi connectivity index (χ1) is 10.0. The van der Waals surface area contributed by atoms with Gasteiger partial charge in [0.25, 0.3) is 0 Å². The number of aryl methyl sites for hydroxylation is 1. The zero-order valence-corrected chi connectivity index (χ0v) is 13.6. The summed E-state index contributed by atoms with van der Waals surface area (Å²) in [5.41, 5.74) is 2.83. The lowest BCUT2D eigenvalue weighted by molar-refractivity contribution is 0.176. The average molecular weight is 307 g/mol. The highest BCUT2D eigenvalue weighted by atomic mass is 35.5. The first-order valence-electron chi connectivity index (χ1n) is 7.53. The van der Waals surface area contributed by atoms with Crippen LogP contribution >= 0.6 is 11.6 Å². The Kier molecular flexibility index (Phi) is 5.43. The fourth-order valence-corrected chi connectivity index (χ4v) is 2.81. The van der Waals surface area contributed by atoms with Crippen molar-refractivity contribution in [2.45, 2.75) is 52.2 Å². The standard InChI is InChI=1S/C17H23ClN2O/c1-4-15(5-2)20-9-8-14(19-20)11-17(21)16-10-13(18)7-6-12(16)3/h6-10,15,17,21H,4-5,11H2,1-3H3. The molecule has 0 spiro atoms. The third-order valence-electron chi connectivity index (χ3n) is 3.98. The van der Waals surface area contributed by atoms with Crippen LogP contribution in [-0.2, 0) is 6.42 Å². The molecule has 1 heterocycles. The zero-order chi connectivity index (χ0) is 15.4. The maximum atomic E-state index is 10.4. The fraction of sp³-hybridized carbons (Fsp3) is 0.471. The van der Waals surface area contributed by atoms with E-state index in [1.54, 1.807) is 0 Å². The Morgan fingerprint density at radius 2 is 1.95 bits per heavy atom. The number of hydrogen-bond acceptors (Lipinski definition) is 2. The molecule has 0 saturated heterocycles. The summed E-state index contributed by atoms with van der Waals surface area (Å²) in [6, 6.07) is 8.03. The largest absolute Gasteiger partial charge is 0.388 e. The van der Waals surface area contributed by atoms with Crippen molar-refractivity contribution >= 4 is 11.6 Å². The number of halogens is 1. The Hall–Kier alpha value is -1.32. The van der Waals surface area contributed by atoms with E-state index in [2.05, 4.69) is 18.9 Å². The molecule has 1 atom stereocenters. The molecule has 2 aromatic rings. The van der Waals surface area contributed by atoms with Gasteiger partial charge in [0, 0.05) is 17.6 Å². The van der Waals surface area contributed by atoms with Gasteiger partial charge in [0.1, 0.15) is 0 Å². The first-order valence-corrected chi connectivity index (χ1v) is 7.91. The Bertz CT molecular complexity index is 590. The normalized spacial score (nSPS) is 12.9. The third kappa shape index (κ3) is 3.86. The Morgan fingerprint density at radius 1 is 1.24 bits per heavy atom. The molecule has 0 radical (unpaired) electrons. The molecule has 2 rings (SSSR count). The number of rotatable bonds is 6. The molecule has 0 saturated carbocycles. The van der Waals surface area contributed by atoms with Crippen LogP contribution in [0.4, 0.5) is 0 Å². The van der Waals surface area contributed by atoms with E-state index in [-0.39, 0.29) is 0 Å². The number of benzene rings is 1. The molecule has 1 N–H and O–H groups in total. The van der Waals surface area contributed by atoms with Gasteiger partial charge in [0.05, 0.1) is 17.8 Å². The summed E-state index contributed by atoms with van der Waals surface area (Å²) in [5, 5.41) is 15.7. The van der Waals surface area contributed by atoms with Crippen molar-refractivity contribution in [2.75, 3.05) is 0 Å². The van der Waals surface area contributed by atoms with Crippen molar-refractivity contribution < 1.29 is 5.11 Å². The second-order valence-electron chi connectivity index (χ2n) is 5.48. The maximum Gasteiger partial charge on any atom is 0.0849 e. The highest BCUT2D eigenvalue weighted by molar-refractivity contribution is 6.30. The molecule has 21 heavy (non-hydrogen) atoms. The lowest BCUT2D eigenvalue weighted by atomic mass is 10.0. The predicted molar refractivity (Wildman–Crippen MR) is 86.7 cm³/mol. The third-order valence-corrected chi connectivity index (χ3v) is 4.22. The molecule has 3 nitrogen and oxygen atoms in total. The molecular weight excluding hydrogens is 284 g/mol. The van der Waals surface area contributed by atoms with Gasteiger partial charge in [-0.15, -0.1) is 0 Å². The summed E-state index contributed by atoms with van der Waals surface area (Å²) >= 11 is 6.02. The van der Waals surface area contributed by atoms with E-state index in [0.717, 1.165) is 29.7 Å². The van der Waals surface area contributed by atoms with Crippen molar-refractivity contribution in [3.8, 4) is 0 Å². The second-order valence-corrected chi connectivity index (χ2v) is 5.91. The van der Waals surface area contributed by atoms with Crippen LogP contribution in [0.25, 0.3) is 0 Å². The molecule has 0 aliphatic carbocycles. The van der Waals surface area contributed by atoms with Gasteiger partial charge in [-0.3, -0.25) is 4.68 Å².